The Bertz CT molecular complexity index is 1080. The van der Waals surface area contributed by atoms with Crippen LogP contribution in [0.1, 0.15) is 29.5 Å². The Morgan fingerprint density at radius 2 is 1.90 bits per heavy atom. The molecule has 1 aromatic heterocycles. The molecular formula is C23H27NO4Si. The summed E-state index contributed by atoms with van der Waals surface area (Å²) < 4.78 is 19.1. The molecule has 1 unspecified atom stereocenters. The molecule has 1 aliphatic heterocycles. The minimum Gasteiger partial charge on any atom is -0.454 e. The van der Waals surface area contributed by atoms with Gasteiger partial charge in [-0.05, 0) is 61.5 Å². The topological polar surface area (TPSA) is 49.7 Å². The van der Waals surface area contributed by atoms with Crippen LogP contribution in [0, 0.1) is 0 Å². The number of carbonyl (C=O) groups is 1. The van der Waals surface area contributed by atoms with Crippen LogP contribution in [0.2, 0.25) is 19.6 Å². The summed E-state index contributed by atoms with van der Waals surface area (Å²) in [6.45, 7) is 9.05. The first kappa shape index (κ1) is 19.7. The molecule has 2 heterocycles. The molecule has 0 saturated carbocycles. The summed E-state index contributed by atoms with van der Waals surface area (Å²) >= 11 is 0. The van der Waals surface area contributed by atoms with Crippen LogP contribution in [-0.2, 0) is 22.9 Å². The Morgan fingerprint density at radius 1 is 1.14 bits per heavy atom. The first-order valence-corrected chi connectivity index (χ1v) is 13.3. The van der Waals surface area contributed by atoms with Gasteiger partial charge in [-0.2, -0.15) is 0 Å². The second-order valence-electron chi connectivity index (χ2n) is 8.60. The molecule has 3 aromatic rings. The predicted octanol–water partition coefficient (Wildman–Crippen LogP) is 4.98. The SMILES string of the molecule is CC(=O)C(c1ccc2c(c1)OCO2)c1cn(C)c2cc(CO[Si](C)(C)C)ccc12. The van der Waals surface area contributed by atoms with Crippen molar-refractivity contribution in [2.75, 3.05) is 6.79 Å². The van der Waals surface area contributed by atoms with Crippen molar-refractivity contribution in [2.24, 2.45) is 7.05 Å². The molecule has 0 aliphatic carbocycles. The molecule has 0 fully saturated rings. The molecule has 29 heavy (non-hydrogen) atoms. The van der Waals surface area contributed by atoms with Gasteiger partial charge in [0.05, 0.1) is 12.5 Å². The predicted molar refractivity (Wildman–Crippen MR) is 116 cm³/mol. The minimum absolute atomic E-state index is 0.0995. The lowest BCUT2D eigenvalue weighted by Gasteiger charge is -2.17. The number of aryl methyl sites for hydroxylation is 1. The summed E-state index contributed by atoms with van der Waals surface area (Å²) in [5.41, 5.74) is 4.17. The van der Waals surface area contributed by atoms with Crippen LogP contribution in [0.4, 0.5) is 0 Å². The number of rotatable bonds is 6. The van der Waals surface area contributed by atoms with E-state index in [4.69, 9.17) is 13.9 Å². The van der Waals surface area contributed by atoms with Crippen LogP contribution >= 0.6 is 0 Å². The molecule has 0 radical (unpaired) electrons. The molecule has 152 valence electrons. The highest BCUT2D eigenvalue weighted by molar-refractivity contribution is 6.69. The highest BCUT2D eigenvalue weighted by Gasteiger charge is 2.26. The van der Waals surface area contributed by atoms with Gasteiger partial charge in [-0.1, -0.05) is 18.2 Å². The summed E-state index contributed by atoms with van der Waals surface area (Å²) in [6, 6.07) is 12.1. The van der Waals surface area contributed by atoms with Gasteiger partial charge >= 0.3 is 0 Å². The fraction of sp³-hybridized carbons (Fsp3) is 0.348. The number of carbonyl (C=O) groups excluding carboxylic acids is 1. The van der Waals surface area contributed by atoms with Crippen LogP contribution < -0.4 is 9.47 Å². The van der Waals surface area contributed by atoms with Gasteiger partial charge in [-0.25, -0.2) is 0 Å². The smallest absolute Gasteiger partial charge is 0.231 e. The van der Waals surface area contributed by atoms with E-state index in [2.05, 4.69) is 48.6 Å². The Morgan fingerprint density at radius 3 is 2.62 bits per heavy atom. The van der Waals surface area contributed by atoms with Crippen molar-refractivity contribution in [2.45, 2.75) is 39.1 Å². The Kier molecular flexibility index (Phi) is 5.00. The number of ether oxygens (including phenoxy) is 2. The van der Waals surface area contributed by atoms with Gasteiger partial charge in [-0.15, -0.1) is 0 Å². The fourth-order valence-corrected chi connectivity index (χ4v) is 4.41. The van der Waals surface area contributed by atoms with Gasteiger partial charge in [0.2, 0.25) is 6.79 Å². The Labute approximate surface area is 172 Å². The van der Waals surface area contributed by atoms with Crippen molar-refractivity contribution in [3.05, 3.63) is 59.3 Å². The first-order valence-electron chi connectivity index (χ1n) is 9.85. The Hall–Kier alpha value is -2.57. The van der Waals surface area contributed by atoms with Gasteiger partial charge in [0, 0.05) is 24.1 Å². The number of Topliss-reactive ketones (excluding diaryl/α,β-unsaturated/α-hetero) is 1. The van der Waals surface area contributed by atoms with Crippen LogP contribution in [0.5, 0.6) is 11.5 Å². The molecule has 0 amide bonds. The van der Waals surface area contributed by atoms with Crippen molar-refractivity contribution in [1.82, 2.24) is 4.57 Å². The van der Waals surface area contributed by atoms with E-state index in [1.54, 1.807) is 6.92 Å². The number of benzene rings is 2. The zero-order valence-corrected chi connectivity index (χ0v) is 18.6. The second kappa shape index (κ2) is 7.35. The molecule has 5 nitrogen and oxygen atoms in total. The van der Waals surface area contributed by atoms with E-state index in [9.17, 15) is 4.79 Å². The zero-order valence-electron chi connectivity index (χ0n) is 17.6. The summed E-state index contributed by atoms with van der Waals surface area (Å²) in [7, 11) is 0.445. The van der Waals surface area contributed by atoms with Crippen LogP contribution in [-0.4, -0.2) is 25.5 Å². The summed E-state index contributed by atoms with van der Waals surface area (Å²) in [5.74, 6) is 1.17. The van der Waals surface area contributed by atoms with Crippen molar-refractivity contribution in [1.29, 1.82) is 0 Å². The average Bonchev–Trinajstić information content (AvgIpc) is 3.24. The molecule has 4 rings (SSSR count). The fourth-order valence-electron chi connectivity index (χ4n) is 3.81. The van der Waals surface area contributed by atoms with E-state index in [-0.39, 0.29) is 18.5 Å². The molecular weight excluding hydrogens is 382 g/mol. The number of ketones is 1. The second-order valence-corrected chi connectivity index (χ2v) is 13.1. The zero-order chi connectivity index (χ0) is 20.8. The lowest BCUT2D eigenvalue weighted by atomic mass is 9.87. The molecule has 0 saturated heterocycles. The standard InChI is InChI=1S/C23H27NO4Si/c1-15(25)23(17-7-9-21-22(11-17)27-14-26-21)19-12-24(2)20-10-16(6-8-18(19)20)13-28-29(3,4)5/h6-12,23H,13-14H2,1-5H3. The molecule has 1 atom stereocenters. The normalized spacial score (nSPS) is 14.4. The van der Waals surface area contributed by atoms with E-state index in [0.717, 1.165) is 33.3 Å². The quantitative estimate of drug-likeness (QED) is 0.539. The van der Waals surface area contributed by atoms with Gasteiger partial charge < -0.3 is 18.5 Å². The van der Waals surface area contributed by atoms with Crippen molar-refractivity contribution in [3.63, 3.8) is 0 Å². The maximum Gasteiger partial charge on any atom is 0.231 e. The van der Waals surface area contributed by atoms with E-state index in [1.165, 1.54) is 0 Å². The molecule has 0 spiro atoms. The molecule has 0 bridgehead atoms. The van der Waals surface area contributed by atoms with Crippen LogP contribution in [0.25, 0.3) is 10.9 Å². The third-order valence-corrected chi connectivity index (χ3v) is 6.22. The summed E-state index contributed by atoms with van der Waals surface area (Å²) in [5, 5.41) is 1.09. The van der Waals surface area contributed by atoms with E-state index in [0.29, 0.717) is 12.4 Å². The lowest BCUT2D eigenvalue weighted by Crippen LogP contribution is -2.24. The highest BCUT2D eigenvalue weighted by Crippen LogP contribution is 2.39. The third-order valence-electron chi connectivity index (χ3n) is 5.21. The monoisotopic (exact) mass is 409 g/mol. The van der Waals surface area contributed by atoms with Gasteiger partial charge in [0.15, 0.2) is 19.8 Å². The Balaban J connectivity index is 1.74. The summed E-state index contributed by atoms with van der Waals surface area (Å²) in [4.78, 5) is 12.7. The maximum absolute atomic E-state index is 12.7. The largest absolute Gasteiger partial charge is 0.454 e. The maximum atomic E-state index is 12.7. The number of hydrogen-bond acceptors (Lipinski definition) is 4. The first-order chi connectivity index (χ1) is 13.7. The van der Waals surface area contributed by atoms with Crippen molar-refractivity contribution in [3.8, 4) is 11.5 Å². The third kappa shape index (κ3) is 3.95. The van der Waals surface area contributed by atoms with Gasteiger partial charge in [0.1, 0.15) is 5.78 Å². The number of fused-ring (bicyclic) bond motifs is 2. The lowest BCUT2D eigenvalue weighted by molar-refractivity contribution is -0.117. The average molecular weight is 410 g/mol. The van der Waals surface area contributed by atoms with Crippen LogP contribution in [0.15, 0.2) is 42.6 Å². The van der Waals surface area contributed by atoms with Crippen molar-refractivity contribution >= 4 is 25.0 Å². The molecule has 1 aliphatic rings. The minimum atomic E-state index is -1.57. The molecule has 6 heteroatoms. The number of aromatic nitrogens is 1. The highest BCUT2D eigenvalue weighted by atomic mass is 28.4. The van der Waals surface area contributed by atoms with E-state index < -0.39 is 8.32 Å². The summed E-state index contributed by atoms with van der Waals surface area (Å²) in [6.07, 6.45) is 2.06. The van der Waals surface area contributed by atoms with Gasteiger partial charge in [0.25, 0.3) is 0 Å². The number of nitrogens with zero attached hydrogens (tertiary/aromatic N) is 1. The van der Waals surface area contributed by atoms with Crippen LogP contribution in [0.3, 0.4) is 0 Å². The molecule has 0 N–H and O–H groups in total. The van der Waals surface area contributed by atoms with Crippen molar-refractivity contribution < 1.29 is 18.7 Å². The van der Waals surface area contributed by atoms with E-state index in [1.807, 2.05) is 25.2 Å². The number of hydrogen-bond donors (Lipinski definition) is 0. The molecule has 2 aromatic carbocycles. The van der Waals surface area contributed by atoms with E-state index >= 15 is 0 Å². The van der Waals surface area contributed by atoms with Gasteiger partial charge in [-0.3, -0.25) is 4.79 Å².